The van der Waals surface area contributed by atoms with Crippen LogP contribution in [-0.2, 0) is 0 Å². The molecule has 1 aliphatic rings. The van der Waals surface area contributed by atoms with Crippen LogP contribution in [0.1, 0.15) is 37.2 Å². The van der Waals surface area contributed by atoms with Crippen molar-refractivity contribution < 1.29 is 0 Å². The molecule has 2 rings (SSSR count). The average Bonchev–Trinajstić information content (AvgIpc) is 2.57. The Morgan fingerprint density at radius 1 is 1.33 bits per heavy atom. The second-order valence-corrected chi connectivity index (χ2v) is 3.82. The van der Waals surface area contributed by atoms with Gasteiger partial charge in [-0.25, -0.2) is 0 Å². The maximum Gasteiger partial charge on any atom is 0.0447 e. The normalized spacial score (nSPS) is 18.4. The minimum atomic E-state index is 0.679. The number of hydrogen-bond acceptors (Lipinski definition) is 0. The van der Waals surface area contributed by atoms with Gasteiger partial charge in [0.1, 0.15) is 0 Å². The molecular formula is C11H12Cl. The lowest BCUT2D eigenvalue weighted by Crippen LogP contribution is -1.92. The lowest BCUT2D eigenvalue weighted by molar-refractivity contribution is 0.722. The molecule has 1 fully saturated rings. The van der Waals surface area contributed by atoms with Crippen LogP contribution in [0.2, 0.25) is 5.02 Å². The van der Waals surface area contributed by atoms with Crippen LogP contribution in [0.25, 0.3) is 0 Å². The molecule has 0 spiro atoms. The summed E-state index contributed by atoms with van der Waals surface area (Å²) in [7, 11) is 0. The summed E-state index contributed by atoms with van der Waals surface area (Å²) in [5.74, 6) is 0.679. The smallest absolute Gasteiger partial charge is 0.0447 e. The van der Waals surface area contributed by atoms with E-state index in [1.54, 1.807) is 0 Å². The summed E-state index contributed by atoms with van der Waals surface area (Å²) in [6.45, 7) is 0. The van der Waals surface area contributed by atoms with Crippen molar-refractivity contribution in [2.75, 3.05) is 0 Å². The SMILES string of the molecule is Clc1ccc[c]c1C1CCCC1. The summed E-state index contributed by atoms with van der Waals surface area (Å²) in [6.07, 6.45) is 5.29. The third kappa shape index (κ3) is 1.49. The third-order valence-corrected chi connectivity index (χ3v) is 2.93. The highest BCUT2D eigenvalue weighted by molar-refractivity contribution is 6.31. The first-order valence-corrected chi connectivity index (χ1v) is 4.92. The van der Waals surface area contributed by atoms with Gasteiger partial charge in [0.2, 0.25) is 0 Å². The number of hydrogen-bond donors (Lipinski definition) is 0. The first kappa shape index (κ1) is 8.12. The highest BCUT2D eigenvalue weighted by Crippen LogP contribution is 2.36. The van der Waals surface area contributed by atoms with Crippen LogP contribution in [-0.4, -0.2) is 0 Å². The third-order valence-electron chi connectivity index (χ3n) is 2.60. The van der Waals surface area contributed by atoms with E-state index in [1.165, 1.54) is 31.2 Å². The Hall–Kier alpha value is -0.490. The first-order chi connectivity index (χ1) is 5.88. The summed E-state index contributed by atoms with van der Waals surface area (Å²) >= 11 is 6.07. The van der Waals surface area contributed by atoms with Crippen molar-refractivity contribution in [2.24, 2.45) is 0 Å². The Morgan fingerprint density at radius 2 is 2.08 bits per heavy atom. The maximum atomic E-state index is 6.07. The molecule has 0 saturated heterocycles. The fourth-order valence-corrected chi connectivity index (χ4v) is 2.24. The highest BCUT2D eigenvalue weighted by Gasteiger charge is 2.18. The van der Waals surface area contributed by atoms with Crippen molar-refractivity contribution in [1.82, 2.24) is 0 Å². The zero-order chi connectivity index (χ0) is 8.39. The lowest BCUT2D eigenvalue weighted by atomic mass is 9.98. The molecule has 1 aromatic carbocycles. The number of rotatable bonds is 1. The molecule has 63 valence electrons. The molecule has 0 aliphatic heterocycles. The predicted molar refractivity (Wildman–Crippen MR) is 51.5 cm³/mol. The molecule has 0 atom stereocenters. The van der Waals surface area contributed by atoms with Crippen molar-refractivity contribution in [2.45, 2.75) is 31.6 Å². The Kier molecular flexibility index (Phi) is 2.36. The lowest BCUT2D eigenvalue weighted by Gasteiger charge is -2.09. The molecule has 1 aromatic rings. The van der Waals surface area contributed by atoms with Gasteiger partial charge in [0, 0.05) is 5.02 Å². The molecule has 0 nitrogen and oxygen atoms in total. The number of benzene rings is 1. The minimum Gasteiger partial charge on any atom is -0.0840 e. The van der Waals surface area contributed by atoms with Crippen LogP contribution in [0.3, 0.4) is 0 Å². The van der Waals surface area contributed by atoms with Gasteiger partial charge in [-0.1, -0.05) is 36.6 Å². The largest absolute Gasteiger partial charge is 0.0840 e. The molecule has 0 unspecified atom stereocenters. The van der Waals surface area contributed by atoms with E-state index < -0.39 is 0 Å². The quantitative estimate of drug-likeness (QED) is 0.615. The first-order valence-electron chi connectivity index (χ1n) is 4.54. The van der Waals surface area contributed by atoms with Crippen LogP contribution >= 0.6 is 11.6 Å². The van der Waals surface area contributed by atoms with Crippen LogP contribution in [0.5, 0.6) is 0 Å². The summed E-state index contributed by atoms with van der Waals surface area (Å²) < 4.78 is 0. The van der Waals surface area contributed by atoms with E-state index >= 15 is 0 Å². The fourth-order valence-electron chi connectivity index (χ4n) is 1.96. The molecule has 12 heavy (non-hydrogen) atoms. The van der Waals surface area contributed by atoms with Gasteiger partial charge in [-0.05, 0) is 36.5 Å². The molecule has 0 N–H and O–H groups in total. The van der Waals surface area contributed by atoms with Gasteiger partial charge in [-0.2, -0.15) is 0 Å². The monoisotopic (exact) mass is 179 g/mol. The summed E-state index contributed by atoms with van der Waals surface area (Å²) in [4.78, 5) is 0. The predicted octanol–water partition coefficient (Wildman–Crippen LogP) is 3.80. The molecule has 1 saturated carbocycles. The van der Waals surface area contributed by atoms with Gasteiger partial charge in [0.05, 0.1) is 0 Å². The Labute approximate surface area is 78.6 Å². The zero-order valence-corrected chi connectivity index (χ0v) is 7.77. The molecule has 0 bridgehead atoms. The average molecular weight is 180 g/mol. The molecular weight excluding hydrogens is 168 g/mol. The Morgan fingerprint density at radius 3 is 2.75 bits per heavy atom. The molecule has 0 heterocycles. The zero-order valence-electron chi connectivity index (χ0n) is 7.02. The molecule has 0 aromatic heterocycles. The second kappa shape index (κ2) is 3.49. The van der Waals surface area contributed by atoms with E-state index in [2.05, 4.69) is 6.07 Å². The van der Waals surface area contributed by atoms with Crippen LogP contribution in [0, 0.1) is 6.07 Å². The minimum absolute atomic E-state index is 0.679. The van der Waals surface area contributed by atoms with Crippen LogP contribution in [0.4, 0.5) is 0 Å². The standard InChI is InChI=1S/C11H12Cl/c12-11-8-4-3-7-10(11)9-5-1-2-6-9/h3-4,8-9H,1-2,5-6H2. The summed E-state index contributed by atoms with van der Waals surface area (Å²) in [6, 6.07) is 9.11. The van der Waals surface area contributed by atoms with Gasteiger partial charge < -0.3 is 0 Å². The summed E-state index contributed by atoms with van der Waals surface area (Å²) in [5, 5.41) is 0.893. The van der Waals surface area contributed by atoms with E-state index in [4.69, 9.17) is 11.6 Å². The van der Waals surface area contributed by atoms with E-state index in [9.17, 15) is 0 Å². The maximum absolute atomic E-state index is 6.07. The van der Waals surface area contributed by atoms with Crippen molar-refractivity contribution >= 4 is 11.6 Å². The molecule has 0 amide bonds. The Balaban J connectivity index is 2.26. The number of halogens is 1. The molecule has 1 heteroatoms. The van der Waals surface area contributed by atoms with E-state index in [0.717, 1.165) is 5.02 Å². The topological polar surface area (TPSA) is 0 Å². The van der Waals surface area contributed by atoms with Gasteiger partial charge >= 0.3 is 0 Å². The fraction of sp³-hybridized carbons (Fsp3) is 0.455. The van der Waals surface area contributed by atoms with Gasteiger partial charge in [-0.15, -0.1) is 0 Å². The summed E-state index contributed by atoms with van der Waals surface area (Å²) in [5.41, 5.74) is 1.23. The van der Waals surface area contributed by atoms with E-state index in [1.807, 2.05) is 18.2 Å². The van der Waals surface area contributed by atoms with Gasteiger partial charge in [0.25, 0.3) is 0 Å². The Bertz CT molecular complexity index is 261. The van der Waals surface area contributed by atoms with Gasteiger partial charge in [0.15, 0.2) is 0 Å². The van der Waals surface area contributed by atoms with E-state index in [0.29, 0.717) is 5.92 Å². The van der Waals surface area contributed by atoms with Crippen LogP contribution < -0.4 is 0 Å². The second-order valence-electron chi connectivity index (χ2n) is 3.41. The van der Waals surface area contributed by atoms with E-state index in [-0.39, 0.29) is 0 Å². The van der Waals surface area contributed by atoms with Crippen molar-refractivity contribution in [1.29, 1.82) is 0 Å². The highest BCUT2D eigenvalue weighted by atomic mass is 35.5. The van der Waals surface area contributed by atoms with Crippen LogP contribution in [0.15, 0.2) is 18.2 Å². The van der Waals surface area contributed by atoms with Gasteiger partial charge in [-0.3, -0.25) is 0 Å². The molecule has 1 aliphatic carbocycles. The molecule has 1 radical (unpaired) electrons. The van der Waals surface area contributed by atoms with Crippen molar-refractivity contribution in [3.05, 3.63) is 34.9 Å². The van der Waals surface area contributed by atoms with Crippen molar-refractivity contribution in [3.63, 3.8) is 0 Å². The van der Waals surface area contributed by atoms with Crippen molar-refractivity contribution in [3.8, 4) is 0 Å².